The Bertz CT molecular complexity index is 784. The maximum atomic E-state index is 14.0. The Morgan fingerprint density at radius 3 is 2.62 bits per heavy atom. The van der Waals surface area contributed by atoms with Crippen molar-refractivity contribution < 1.29 is 18.3 Å². The van der Waals surface area contributed by atoms with Crippen molar-refractivity contribution in [1.82, 2.24) is 4.57 Å². The molecule has 0 bridgehead atoms. The number of halogens is 2. The molecule has 0 atom stereocenters. The summed E-state index contributed by atoms with van der Waals surface area (Å²) in [5.74, 6) is -3.14. The van der Waals surface area contributed by atoms with Crippen LogP contribution < -0.4 is 11.2 Å². The van der Waals surface area contributed by atoms with Crippen LogP contribution in [0.1, 0.15) is 24.2 Å². The van der Waals surface area contributed by atoms with Gasteiger partial charge < -0.3 is 15.0 Å². The summed E-state index contributed by atoms with van der Waals surface area (Å²) in [4.78, 5) is 24.1. The number of aryl methyl sites for hydroxylation is 1. The molecule has 0 aliphatic carbocycles. The molecule has 0 saturated heterocycles. The number of nitrogens with zero attached hydrogens (tertiary/aromatic N) is 1. The number of carbonyl (C=O) groups is 1. The molecule has 0 amide bonds. The summed E-state index contributed by atoms with van der Waals surface area (Å²) in [6.45, 7) is 3.58. The topological polar surface area (TPSA) is 74.3 Å². The van der Waals surface area contributed by atoms with E-state index in [9.17, 15) is 18.4 Å². The molecule has 0 unspecified atom stereocenters. The monoisotopic (exact) mass is 296 g/mol. The molecule has 1 heterocycles. The summed E-state index contributed by atoms with van der Waals surface area (Å²) in [6.07, 6.45) is 1.16. The van der Waals surface area contributed by atoms with Gasteiger partial charge in [0.25, 0.3) is 0 Å². The van der Waals surface area contributed by atoms with E-state index in [0.717, 1.165) is 12.3 Å². The predicted octanol–water partition coefficient (Wildman–Crippen LogP) is 2.06. The lowest BCUT2D eigenvalue weighted by Crippen LogP contribution is -2.22. The fourth-order valence-corrected chi connectivity index (χ4v) is 2.16. The Morgan fingerprint density at radius 2 is 2.05 bits per heavy atom. The number of hydrogen-bond acceptors (Lipinski definition) is 4. The minimum absolute atomic E-state index is 0.0930. The fraction of sp³-hybridized carbons (Fsp3) is 0.286. The number of hydrogen-bond donors (Lipinski definition) is 1. The van der Waals surface area contributed by atoms with E-state index >= 15 is 0 Å². The molecule has 0 fully saturated rings. The molecule has 21 heavy (non-hydrogen) atoms. The zero-order chi connectivity index (χ0) is 15.7. The Kier molecular flexibility index (Phi) is 3.93. The van der Waals surface area contributed by atoms with Crippen molar-refractivity contribution in [2.24, 2.45) is 0 Å². The van der Waals surface area contributed by atoms with Gasteiger partial charge in [-0.15, -0.1) is 0 Å². The zero-order valence-electron chi connectivity index (χ0n) is 11.6. The first-order valence-corrected chi connectivity index (χ1v) is 6.40. The number of aromatic nitrogens is 1. The van der Waals surface area contributed by atoms with Crippen LogP contribution in [0.25, 0.3) is 10.9 Å². The quantitative estimate of drug-likeness (QED) is 0.695. The van der Waals surface area contributed by atoms with Crippen LogP contribution in [0.4, 0.5) is 14.5 Å². The lowest BCUT2D eigenvalue weighted by atomic mass is 10.1. The van der Waals surface area contributed by atoms with Crippen molar-refractivity contribution in [3.63, 3.8) is 0 Å². The smallest absolute Gasteiger partial charge is 0.343 e. The minimum Gasteiger partial charge on any atom is -0.462 e. The predicted molar refractivity (Wildman–Crippen MR) is 74.2 cm³/mol. The molecule has 0 aliphatic rings. The summed E-state index contributed by atoms with van der Waals surface area (Å²) >= 11 is 0. The number of nitrogen functional groups attached to an aromatic ring is 1. The Labute approximate surface area is 118 Å². The number of ether oxygens (including phenoxy) is 1. The van der Waals surface area contributed by atoms with E-state index in [1.54, 1.807) is 13.8 Å². The van der Waals surface area contributed by atoms with Gasteiger partial charge in [-0.3, -0.25) is 4.79 Å². The molecular weight excluding hydrogens is 282 g/mol. The molecule has 0 spiro atoms. The van der Waals surface area contributed by atoms with E-state index in [0.29, 0.717) is 0 Å². The van der Waals surface area contributed by atoms with E-state index in [2.05, 4.69) is 0 Å². The number of rotatable bonds is 3. The Morgan fingerprint density at radius 1 is 1.38 bits per heavy atom. The highest BCUT2D eigenvalue weighted by Crippen LogP contribution is 2.24. The highest BCUT2D eigenvalue weighted by molar-refractivity contribution is 5.98. The summed E-state index contributed by atoms with van der Waals surface area (Å²) in [5.41, 5.74) is 4.11. The normalized spacial score (nSPS) is 10.9. The first kappa shape index (κ1) is 15.0. The van der Waals surface area contributed by atoms with E-state index < -0.39 is 23.0 Å². The van der Waals surface area contributed by atoms with E-state index in [-0.39, 0.29) is 35.3 Å². The largest absolute Gasteiger partial charge is 0.462 e. The van der Waals surface area contributed by atoms with E-state index in [4.69, 9.17) is 10.5 Å². The van der Waals surface area contributed by atoms with Crippen LogP contribution in [0.15, 0.2) is 17.1 Å². The van der Waals surface area contributed by atoms with Crippen molar-refractivity contribution in [3.8, 4) is 0 Å². The molecule has 2 aromatic rings. The second kappa shape index (κ2) is 5.51. The third-order valence-electron chi connectivity index (χ3n) is 3.11. The maximum absolute atomic E-state index is 14.0. The van der Waals surface area contributed by atoms with Crippen LogP contribution in [0.5, 0.6) is 0 Å². The summed E-state index contributed by atoms with van der Waals surface area (Å²) in [6, 6.07) is 0.730. The number of esters is 1. The molecule has 7 heteroatoms. The fourth-order valence-electron chi connectivity index (χ4n) is 2.16. The van der Waals surface area contributed by atoms with Gasteiger partial charge in [0.05, 0.1) is 17.5 Å². The van der Waals surface area contributed by atoms with Crippen molar-refractivity contribution in [2.45, 2.75) is 20.4 Å². The van der Waals surface area contributed by atoms with Gasteiger partial charge in [0.2, 0.25) is 5.43 Å². The van der Waals surface area contributed by atoms with Crippen LogP contribution in [-0.4, -0.2) is 17.1 Å². The van der Waals surface area contributed by atoms with Gasteiger partial charge in [-0.2, -0.15) is 0 Å². The minimum atomic E-state index is -1.17. The SMILES string of the molecule is CCOC(=O)c1cn(CC)c2c(F)c(F)cc(N)c2c1=O. The third kappa shape index (κ3) is 2.35. The molecule has 1 aromatic heterocycles. The standard InChI is InChI=1S/C14H14F2N2O3/c1-3-18-6-7(14(20)21-4-2)13(19)10-9(17)5-8(15)11(16)12(10)18/h5-6H,3-4,17H2,1-2H3. The Hall–Kier alpha value is -2.44. The number of fused-ring (bicyclic) bond motifs is 1. The average Bonchev–Trinajstić information content (AvgIpc) is 2.44. The van der Waals surface area contributed by atoms with Crippen LogP contribution >= 0.6 is 0 Å². The van der Waals surface area contributed by atoms with E-state index in [1.807, 2.05) is 0 Å². The van der Waals surface area contributed by atoms with E-state index in [1.165, 1.54) is 4.57 Å². The first-order chi connectivity index (χ1) is 9.92. The first-order valence-electron chi connectivity index (χ1n) is 6.40. The lowest BCUT2D eigenvalue weighted by molar-refractivity contribution is 0.0524. The molecule has 112 valence electrons. The summed E-state index contributed by atoms with van der Waals surface area (Å²) < 4.78 is 33.5. The van der Waals surface area contributed by atoms with Crippen LogP contribution in [-0.2, 0) is 11.3 Å². The highest BCUT2D eigenvalue weighted by Gasteiger charge is 2.21. The van der Waals surface area contributed by atoms with Gasteiger partial charge in [-0.1, -0.05) is 0 Å². The molecular formula is C14H14F2N2O3. The van der Waals surface area contributed by atoms with Crippen LogP contribution in [0, 0.1) is 11.6 Å². The number of pyridine rings is 1. The second-order valence-corrected chi connectivity index (χ2v) is 4.36. The average molecular weight is 296 g/mol. The lowest BCUT2D eigenvalue weighted by Gasteiger charge is -2.13. The molecule has 0 radical (unpaired) electrons. The van der Waals surface area contributed by atoms with Gasteiger partial charge in [0.15, 0.2) is 11.6 Å². The molecule has 5 nitrogen and oxygen atoms in total. The van der Waals surface area contributed by atoms with Gasteiger partial charge in [0.1, 0.15) is 5.56 Å². The summed E-state index contributed by atoms with van der Waals surface area (Å²) in [7, 11) is 0. The number of nitrogens with two attached hydrogens (primary N) is 1. The number of carbonyl (C=O) groups excluding carboxylic acids is 1. The second-order valence-electron chi connectivity index (χ2n) is 4.36. The summed E-state index contributed by atoms with van der Waals surface area (Å²) in [5, 5.41) is -0.221. The molecule has 0 aliphatic heterocycles. The maximum Gasteiger partial charge on any atom is 0.343 e. The molecule has 0 saturated carbocycles. The van der Waals surface area contributed by atoms with Crippen molar-refractivity contribution >= 4 is 22.6 Å². The molecule has 2 N–H and O–H groups in total. The molecule has 2 rings (SSSR count). The number of benzene rings is 1. The van der Waals surface area contributed by atoms with Gasteiger partial charge in [0, 0.05) is 24.5 Å². The van der Waals surface area contributed by atoms with Gasteiger partial charge in [-0.25, -0.2) is 13.6 Å². The third-order valence-corrected chi connectivity index (χ3v) is 3.11. The number of anilines is 1. The highest BCUT2D eigenvalue weighted by atomic mass is 19.2. The van der Waals surface area contributed by atoms with Crippen LogP contribution in [0.2, 0.25) is 0 Å². The Balaban J connectivity index is 2.94. The van der Waals surface area contributed by atoms with Crippen molar-refractivity contribution in [2.75, 3.05) is 12.3 Å². The zero-order valence-corrected chi connectivity index (χ0v) is 11.6. The van der Waals surface area contributed by atoms with Crippen molar-refractivity contribution in [1.29, 1.82) is 0 Å². The van der Waals surface area contributed by atoms with Gasteiger partial charge >= 0.3 is 5.97 Å². The van der Waals surface area contributed by atoms with Crippen LogP contribution in [0.3, 0.4) is 0 Å². The van der Waals surface area contributed by atoms with Gasteiger partial charge in [-0.05, 0) is 13.8 Å². The van der Waals surface area contributed by atoms with Crippen molar-refractivity contribution in [3.05, 3.63) is 39.7 Å². The molecule has 1 aromatic carbocycles.